The van der Waals surface area contributed by atoms with Gasteiger partial charge in [0.05, 0.1) is 19.6 Å². The van der Waals surface area contributed by atoms with Gasteiger partial charge in [0.2, 0.25) is 65.0 Å². The van der Waals surface area contributed by atoms with Gasteiger partial charge in [-0.25, -0.2) is 4.79 Å². The Hall–Kier alpha value is -7.99. The lowest BCUT2D eigenvalue weighted by Gasteiger charge is -2.29. The highest BCUT2D eigenvalue weighted by Crippen LogP contribution is 2.14. The van der Waals surface area contributed by atoms with Gasteiger partial charge in [0.1, 0.15) is 60.4 Å². The van der Waals surface area contributed by atoms with Crippen LogP contribution in [0.25, 0.3) is 0 Å². The van der Waals surface area contributed by atoms with E-state index in [1.807, 2.05) is 0 Å². The maximum atomic E-state index is 14.2. The Kier molecular flexibility index (Phi) is 32.7. The van der Waals surface area contributed by atoms with Crippen LogP contribution in [0.15, 0.2) is 35.3 Å². The number of nitrogens with one attached hydrogen (secondary N) is 9. The largest absolute Gasteiger partial charge is 0.480 e. The first kappa shape index (κ1) is 73.0. The second-order valence-electron chi connectivity index (χ2n) is 21.4. The van der Waals surface area contributed by atoms with Crippen molar-refractivity contribution in [1.29, 1.82) is 0 Å². The third-order valence-corrected chi connectivity index (χ3v) is 12.9. The highest BCUT2D eigenvalue weighted by atomic mass is 16.4. The fourth-order valence-electron chi connectivity index (χ4n) is 8.11. The Bertz CT molecular complexity index is 2390. The summed E-state index contributed by atoms with van der Waals surface area (Å²) < 4.78 is 0. The molecule has 0 aromatic heterocycles. The number of primary amides is 2. The fraction of sp³-hybridized carbons (Fsp3) is 0.642. The van der Waals surface area contributed by atoms with Crippen LogP contribution >= 0.6 is 0 Å². The average Bonchev–Trinajstić information content (AvgIpc) is 3.48. The molecule has 11 atom stereocenters. The van der Waals surface area contributed by atoms with Crippen molar-refractivity contribution in [2.75, 3.05) is 19.8 Å². The minimum absolute atomic E-state index is 0.0131. The number of rotatable bonds is 39. The summed E-state index contributed by atoms with van der Waals surface area (Å²) in [6.45, 7) is 11.7. The summed E-state index contributed by atoms with van der Waals surface area (Å²) in [7, 11) is 0. The van der Waals surface area contributed by atoms with Crippen molar-refractivity contribution in [3.05, 3.63) is 35.9 Å². The maximum Gasteiger partial charge on any atom is 0.326 e. The molecule has 22 N–H and O–H groups in total. The molecule has 0 aliphatic heterocycles. The average molecular weight is 1180 g/mol. The zero-order valence-electron chi connectivity index (χ0n) is 48.5. The number of aliphatic carboxylic acids is 1. The summed E-state index contributed by atoms with van der Waals surface area (Å²) in [5.41, 5.74) is 28.1. The van der Waals surface area contributed by atoms with Crippen LogP contribution in [0.2, 0.25) is 0 Å². The van der Waals surface area contributed by atoms with E-state index in [1.54, 1.807) is 85.7 Å². The number of nitrogens with two attached hydrogens (primary N) is 5. The molecule has 0 aliphatic carbocycles. The van der Waals surface area contributed by atoms with Crippen molar-refractivity contribution in [2.45, 2.75) is 174 Å². The molecular formula is C53H89N15O15. The number of aliphatic imine (C=N–C) groups is 1. The SMILES string of the molecule is CC[C@H](C)[C@H](NC(=O)[C@H](CC(C)C)NC(=O)[C@@H](N)CO)C(=O)N[C@@H](CC(N)=O)C(=O)N[C@@H](CCC(N)=O)C(=O)N[C@@H](CCCN=C(N)N)C(=O)N[C@@H](CO)C(=O)N[C@@H](Cc1ccccc1)C(=O)N[C@@H](CC(C)C)C(=O)N[C@H](C(=O)O)C(C)C. The molecule has 83 heavy (non-hydrogen) atoms. The molecule has 1 rings (SSSR count). The number of benzene rings is 1. The molecule has 0 radical (unpaired) electrons. The topological polar surface area (TPSA) is 516 Å². The number of carbonyl (C=O) groups excluding carboxylic acids is 11. The zero-order chi connectivity index (χ0) is 63.3. The maximum absolute atomic E-state index is 14.2. The van der Waals surface area contributed by atoms with Crippen molar-refractivity contribution in [1.82, 2.24) is 47.9 Å². The number of aliphatic hydroxyl groups excluding tert-OH is 2. The predicted molar refractivity (Wildman–Crippen MR) is 303 cm³/mol. The van der Waals surface area contributed by atoms with Crippen LogP contribution in [0.5, 0.6) is 0 Å². The van der Waals surface area contributed by atoms with Gasteiger partial charge in [-0.3, -0.25) is 57.7 Å². The van der Waals surface area contributed by atoms with Gasteiger partial charge >= 0.3 is 5.97 Å². The number of hydrogen-bond donors (Lipinski definition) is 17. The van der Waals surface area contributed by atoms with Crippen molar-refractivity contribution in [3.8, 4) is 0 Å². The molecule has 0 heterocycles. The monoisotopic (exact) mass is 1180 g/mol. The van der Waals surface area contributed by atoms with Gasteiger partial charge in [0.15, 0.2) is 5.96 Å². The Balaban J connectivity index is 3.64. The smallest absolute Gasteiger partial charge is 0.326 e. The van der Waals surface area contributed by atoms with Crippen molar-refractivity contribution in [3.63, 3.8) is 0 Å². The highest BCUT2D eigenvalue weighted by Gasteiger charge is 2.37. The minimum atomic E-state index is -1.83. The van der Waals surface area contributed by atoms with Crippen LogP contribution in [-0.2, 0) is 64.0 Å². The molecule has 0 unspecified atom stereocenters. The lowest BCUT2D eigenvalue weighted by atomic mass is 9.96. The first-order valence-corrected chi connectivity index (χ1v) is 27.4. The number of nitrogens with zero attached hydrogens (tertiary/aromatic N) is 1. The lowest BCUT2D eigenvalue weighted by molar-refractivity contribution is -0.143. The summed E-state index contributed by atoms with van der Waals surface area (Å²) in [5.74, 6) is -14.0. The molecule has 0 bridgehead atoms. The molecule has 0 saturated carbocycles. The van der Waals surface area contributed by atoms with Crippen LogP contribution in [0.4, 0.5) is 0 Å². The molecule has 11 amide bonds. The molecule has 30 heteroatoms. The summed E-state index contributed by atoms with van der Waals surface area (Å²) >= 11 is 0. The van der Waals surface area contributed by atoms with Crippen molar-refractivity contribution < 1.29 is 72.9 Å². The number of amides is 11. The summed E-state index contributed by atoms with van der Waals surface area (Å²) in [4.78, 5) is 165. The number of carboxylic acids is 1. The van der Waals surface area contributed by atoms with E-state index in [1.165, 1.54) is 0 Å². The number of aliphatic hydroxyl groups is 2. The minimum Gasteiger partial charge on any atom is -0.480 e. The molecule has 1 aromatic carbocycles. The van der Waals surface area contributed by atoms with E-state index in [2.05, 4.69) is 52.8 Å². The van der Waals surface area contributed by atoms with Crippen molar-refractivity contribution in [2.24, 2.45) is 57.3 Å². The normalized spacial score (nSPS) is 15.2. The van der Waals surface area contributed by atoms with E-state index in [0.29, 0.717) is 5.56 Å². The van der Waals surface area contributed by atoms with Crippen LogP contribution < -0.4 is 76.5 Å². The van der Waals surface area contributed by atoms with Crippen LogP contribution in [-0.4, -0.2) is 172 Å². The van der Waals surface area contributed by atoms with Gasteiger partial charge in [0.25, 0.3) is 0 Å². The Morgan fingerprint density at radius 1 is 0.506 bits per heavy atom. The van der Waals surface area contributed by atoms with E-state index in [-0.39, 0.29) is 62.9 Å². The quantitative estimate of drug-likeness (QED) is 0.0167. The van der Waals surface area contributed by atoms with Crippen molar-refractivity contribution >= 4 is 76.9 Å². The number of carboxylic acid groups (broad SMARTS) is 1. The molecule has 466 valence electrons. The zero-order valence-corrected chi connectivity index (χ0v) is 48.5. The lowest BCUT2D eigenvalue weighted by Crippen LogP contribution is -2.62. The molecule has 0 saturated heterocycles. The van der Waals surface area contributed by atoms with Gasteiger partial charge in [-0.15, -0.1) is 0 Å². The summed E-state index contributed by atoms with van der Waals surface area (Å²) in [6.07, 6.45) is -1.96. The van der Waals surface area contributed by atoms with Gasteiger partial charge in [-0.1, -0.05) is 92.1 Å². The van der Waals surface area contributed by atoms with Crippen LogP contribution in [0.1, 0.15) is 112 Å². The third-order valence-electron chi connectivity index (χ3n) is 12.9. The van der Waals surface area contributed by atoms with E-state index >= 15 is 0 Å². The molecule has 0 fully saturated rings. The Morgan fingerprint density at radius 2 is 0.940 bits per heavy atom. The second-order valence-corrected chi connectivity index (χ2v) is 21.4. The van der Waals surface area contributed by atoms with Crippen LogP contribution in [0, 0.1) is 23.7 Å². The van der Waals surface area contributed by atoms with Crippen LogP contribution in [0.3, 0.4) is 0 Å². The van der Waals surface area contributed by atoms with E-state index in [9.17, 15) is 72.9 Å². The van der Waals surface area contributed by atoms with Gasteiger partial charge in [0, 0.05) is 19.4 Å². The standard InChI is InChI=1S/C53H89N15O15/c1-9-29(8)42(68-49(79)34(20-26(2)3)62-43(73)31(54)24-69)51(81)65-37(23-40(56)72)47(77)61-33(17-18-39(55)71)45(75)60-32(16-13-19-59-53(57)58)44(74)66-38(25-70)50(80)64-36(22-30-14-11-10-12-15-30)46(76)63-35(21-27(4)5)48(78)67-41(28(6)7)52(82)83/h10-12,14-15,26-29,31-38,41-42,69-70H,9,13,16-25,54H2,1-8H3,(H2,55,71)(H2,56,72)(H,60,75)(H,61,77)(H,62,73)(H,63,76)(H,64,80)(H,65,81)(H,66,74)(H,67,78)(H,68,79)(H,82,83)(H4,57,58,59)/t29-,31-,32-,33-,34-,35-,36-,37-,38-,41-,42-/m0/s1. The van der Waals surface area contributed by atoms with E-state index < -0.39 is 176 Å². The van der Waals surface area contributed by atoms with Gasteiger partial charge in [-0.2, -0.15) is 0 Å². The molecule has 30 nitrogen and oxygen atoms in total. The van der Waals surface area contributed by atoms with E-state index in [0.717, 1.165) is 0 Å². The number of guanidine groups is 1. The fourth-order valence-corrected chi connectivity index (χ4v) is 8.11. The number of carbonyl (C=O) groups is 12. The molecule has 0 spiro atoms. The highest BCUT2D eigenvalue weighted by molar-refractivity contribution is 5.99. The van der Waals surface area contributed by atoms with Gasteiger partial charge in [-0.05, 0) is 61.3 Å². The Labute approximate surface area is 482 Å². The number of hydrogen-bond acceptors (Lipinski definition) is 16. The van der Waals surface area contributed by atoms with Gasteiger partial charge < -0.3 is 91.8 Å². The summed E-state index contributed by atoms with van der Waals surface area (Å²) in [6, 6.07) is -6.69. The first-order chi connectivity index (χ1) is 38.8. The summed E-state index contributed by atoms with van der Waals surface area (Å²) in [5, 5.41) is 51.8. The first-order valence-electron chi connectivity index (χ1n) is 27.4. The Morgan fingerprint density at radius 3 is 1.40 bits per heavy atom. The molecular weight excluding hydrogens is 1090 g/mol. The van der Waals surface area contributed by atoms with E-state index in [4.69, 9.17) is 28.7 Å². The second kappa shape index (κ2) is 37.2. The molecule has 1 aromatic rings. The predicted octanol–water partition coefficient (Wildman–Crippen LogP) is -5.02. The molecule has 0 aliphatic rings. The third kappa shape index (κ3) is 27.6.